The molecule has 0 spiro atoms. The molecule has 0 unspecified atom stereocenters. The van der Waals surface area contributed by atoms with E-state index in [2.05, 4.69) is 37.1 Å². The minimum Gasteiger partial charge on any atom is -0.480 e. The molecule has 12 nitrogen and oxygen atoms in total. The van der Waals surface area contributed by atoms with Gasteiger partial charge >= 0.3 is 5.97 Å². The van der Waals surface area contributed by atoms with Gasteiger partial charge in [0.15, 0.2) is 0 Å². The SMILES string of the molecule is CC(=O)Nc1ccc(CNC(=O)c2cc(C#Cc3ccc(N4CCN(S(=O)(=O)N[C@@H](C(=O)O)C(C)C)CC4)cc3)ccn2)cc1. The summed E-state index contributed by atoms with van der Waals surface area (Å²) in [7, 11) is -3.93. The maximum absolute atomic E-state index is 12.7. The third kappa shape index (κ3) is 9.36. The monoisotopic (exact) mass is 632 g/mol. The molecule has 2 amide bonds. The summed E-state index contributed by atoms with van der Waals surface area (Å²) in [4.78, 5) is 41.5. The van der Waals surface area contributed by atoms with E-state index in [0.717, 1.165) is 16.8 Å². The molecule has 0 saturated carbocycles. The quantitative estimate of drug-likeness (QED) is 0.248. The molecule has 3 aromatic rings. The van der Waals surface area contributed by atoms with Crippen LogP contribution in [0.1, 0.15) is 48.0 Å². The van der Waals surface area contributed by atoms with Crippen LogP contribution in [-0.2, 0) is 26.3 Å². The van der Waals surface area contributed by atoms with Crippen LogP contribution in [-0.4, -0.2) is 72.8 Å². The molecule has 0 radical (unpaired) electrons. The Balaban J connectivity index is 1.30. The van der Waals surface area contributed by atoms with Gasteiger partial charge in [-0.05, 0) is 60.0 Å². The molecule has 236 valence electrons. The van der Waals surface area contributed by atoms with E-state index in [0.29, 0.717) is 30.9 Å². The average molecular weight is 633 g/mol. The summed E-state index contributed by atoms with van der Waals surface area (Å²) in [5.41, 5.74) is 4.11. The lowest BCUT2D eigenvalue weighted by Gasteiger charge is -2.36. The smallest absolute Gasteiger partial charge is 0.322 e. The van der Waals surface area contributed by atoms with Gasteiger partial charge in [0.2, 0.25) is 5.91 Å². The number of carboxylic acid groups (broad SMARTS) is 1. The first kappa shape index (κ1) is 33.1. The number of aliphatic carboxylic acids is 1. The van der Waals surface area contributed by atoms with Crippen molar-refractivity contribution in [3.8, 4) is 11.8 Å². The van der Waals surface area contributed by atoms with E-state index in [1.54, 1.807) is 38.1 Å². The number of benzene rings is 2. The summed E-state index contributed by atoms with van der Waals surface area (Å²) in [6.07, 6.45) is 1.53. The van der Waals surface area contributed by atoms with Crippen LogP contribution in [0.5, 0.6) is 0 Å². The predicted octanol–water partition coefficient (Wildman–Crippen LogP) is 2.44. The zero-order chi connectivity index (χ0) is 32.6. The van der Waals surface area contributed by atoms with Crippen LogP contribution in [0.2, 0.25) is 0 Å². The molecule has 1 aromatic heterocycles. The lowest BCUT2D eigenvalue weighted by atomic mass is 10.1. The van der Waals surface area contributed by atoms with Gasteiger partial charge < -0.3 is 20.6 Å². The zero-order valence-electron chi connectivity index (χ0n) is 25.3. The second kappa shape index (κ2) is 14.8. The van der Waals surface area contributed by atoms with Crippen molar-refractivity contribution in [3.63, 3.8) is 0 Å². The van der Waals surface area contributed by atoms with E-state index in [9.17, 15) is 27.9 Å². The van der Waals surface area contributed by atoms with E-state index in [-0.39, 0.29) is 36.5 Å². The van der Waals surface area contributed by atoms with Crippen LogP contribution in [0, 0.1) is 17.8 Å². The van der Waals surface area contributed by atoms with Gasteiger partial charge in [0.25, 0.3) is 16.1 Å². The zero-order valence-corrected chi connectivity index (χ0v) is 26.1. The second-order valence-electron chi connectivity index (χ2n) is 10.9. The van der Waals surface area contributed by atoms with Gasteiger partial charge in [0.05, 0.1) is 0 Å². The third-order valence-electron chi connectivity index (χ3n) is 7.09. The molecule has 2 heterocycles. The molecule has 0 bridgehead atoms. The number of rotatable bonds is 10. The second-order valence-corrected chi connectivity index (χ2v) is 12.6. The molecule has 1 aliphatic heterocycles. The van der Waals surface area contributed by atoms with E-state index in [4.69, 9.17) is 0 Å². The van der Waals surface area contributed by atoms with Crippen LogP contribution >= 0.6 is 0 Å². The van der Waals surface area contributed by atoms with Gasteiger partial charge in [0, 0.05) is 68.3 Å². The Morgan fingerprint density at radius 1 is 0.933 bits per heavy atom. The first-order valence-corrected chi connectivity index (χ1v) is 15.8. The highest BCUT2D eigenvalue weighted by Crippen LogP contribution is 2.19. The Morgan fingerprint density at radius 2 is 1.58 bits per heavy atom. The highest BCUT2D eigenvalue weighted by molar-refractivity contribution is 7.87. The Labute approximate surface area is 263 Å². The number of carbonyl (C=O) groups excluding carboxylic acids is 2. The highest BCUT2D eigenvalue weighted by Gasteiger charge is 2.33. The van der Waals surface area contributed by atoms with Gasteiger partial charge in [-0.15, -0.1) is 0 Å². The summed E-state index contributed by atoms with van der Waals surface area (Å²) in [6.45, 7) is 6.41. The molecule has 1 atom stereocenters. The maximum Gasteiger partial charge on any atom is 0.322 e. The Bertz CT molecular complexity index is 1690. The summed E-state index contributed by atoms with van der Waals surface area (Å²) < 4.78 is 29.1. The average Bonchev–Trinajstić information content (AvgIpc) is 3.02. The molecule has 45 heavy (non-hydrogen) atoms. The number of nitrogens with one attached hydrogen (secondary N) is 3. The number of anilines is 2. The van der Waals surface area contributed by atoms with Crippen LogP contribution in [0.4, 0.5) is 11.4 Å². The largest absolute Gasteiger partial charge is 0.480 e. The Morgan fingerprint density at radius 3 is 2.18 bits per heavy atom. The first-order valence-electron chi connectivity index (χ1n) is 14.4. The van der Waals surface area contributed by atoms with Crippen LogP contribution < -0.4 is 20.3 Å². The maximum atomic E-state index is 12.7. The Kier molecular flexibility index (Phi) is 10.9. The fraction of sp³-hybridized carbons (Fsp3) is 0.312. The minimum absolute atomic E-state index is 0.153. The topological polar surface area (TPSA) is 161 Å². The van der Waals surface area contributed by atoms with Gasteiger partial charge in [-0.25, -0.2) is 0 Å². The van der Waals surface area contributed by atoms with E-state index < -0.39 is 22.2 Å². The van der Waals surface area contributed by atoms with Crippen LogP contribution in [0.25, 0.3) is 0 Å². The summed E-state index contributed by atoms with van der Waals surface area (Å²) >= 11 is 0. The summed E-state index contributed by atoms with van der Waals surface area (Å²) in [6, 6.07) is 16.9. The number of pyridine rings is 1. The van der Waals surface area contributed by atoms with Crippen LogP contribution in [0.3, 0.4) is 0 Å². The molecule has 2 aromatic carbocycles. The van der Waals surface area contributed by atoms with Crippen molar-refractivity contribution in [2.45, 2.75) is 33.4 Å². The minimum atomic E-state index is -3.93. The summed E-state index contributed by atoms with van der Waals surface area (Å²) in [5, 5.41) is 14.9. The number of piperazine rings is 1. The molecule has 4 rings (SSSR count). The number of carboxylic acids is 1. The lowest BCUT2D eigenvalue weighted by molar-refractivity contribution is -0.140. The molecule has 4 N–H and O–H groups in total. The number of amides is 2. The lowest BCUT2D eigenvalue weighted by Crippen LogP contribution is -2.55. The van der Waals surface area contributed by atoms with E-state index >= 15 is 0 Å². The predicted molar refractivity (Wildman–Crippen MR) is 171 cm³/mol. The number of nitrogens with zero attached hydrogens (tertiary/aromatic N) is 3. The van der Waals surface area contributed by atoms with E-state index in [1.807, 2.05) is 36.4 Å². The van der Waals surface area contributed by atoms with Gasteiger partial charge in [-0.3, -0.25) is 19.4 Å². The van der Waals surface area contributed by atoms with Crippen molar-refractivity contribution in [2.24, 2.45) is 5.92 Å². The van der Waals surface area contributed by atoms with Crippen molar-refractivity contribution in [1.29, 1.82) is 0 Å². The van der Waals surface area contributed by atoms with Gasteiger partial charge in [-0.2, -0.15) is 17.4 Å². The number of aromatic nitrogens is 1. The van der Waals surface area contributed by atoms with Gasteiger partial charge in [-0.1, -0.05) is 37.8 Å². The first-order chi connectivity index (χ1) is 21.4. The van der Waals surface area contributed by atoms with Crippen molar-refractivity contribution in [2.75, 3.05) is 36.4 Å². The summed E-state index contributed by atoms with van der Waals surface area (Å²) in [5.74, 6) is 4.08. The molecular formula is C32H36N6O6S. The normalized spacial score (nSPS) is 14.3. The van der Waals surface area contributed by atoms with Crippen LogP contribution in [0.15, 0.2) is 66.9 Å². The molecular weight excluding hydrogens is 596 g/mol. The standard InChI is InChI=1S/C32H36N6O6S/c1-22(2)30(32(41)42)36-45(43,44)38-18-16-37(17-19-38)28-12-8-24(9-13-28)4-5-25-14-15-33-29(20-25)31(40)34-21-26-6-10-27(11-7-26)35-23(3)39/h6-15,20,22,30,36H,16-19,21H2,1-3H3,(H,34,40)(H,35,39)(H,41,42)/t30-/m1/s1. The molecule has 1 aliphatic rings. The fourth-order valence-electron chi connectivity index (χ4n) is 4.61. The molecule has 0 aliphatic carbocycles. The van der Waals surface area contributed by atoms with Crippen molar-refractivity contribution >= 4 is 39.4 Å². The molecule has 13 heteroatoms. The third-order valence-corrected chi connectivity index (χ3v) is 8.69. The highest BCUT2D eigenvalue weighted by atomic mass is 32.2. The molecule has 1 saturated heterocycles. The fourth-order valence-corrected chi connectivity index (χ4v) is 6.09. The number of hydrogen-bond acceptors (Lipinski definition) is 7. The van der Waals surface area contributed by atoms with Crippen molar-refractivity contribution < 1.29 is 27.9 Å². The van der Waals surface area contributed by atoms with E-state index in [1.165, 1.54) is 17.4 Å². The molecule has 1 fully saturated rings. The number of carbonyl (C=O) groups is 3. The van der Waals surface area contributed by atoms with Crippen molar-refractivity contribution in [1.82, 2.24) is 19.3 Å². The van der Waals surface area contributed by atoms with Crippen molar-refractivity contribution in [3.05, 3.63) is 89.2 Å². The Hall–Kier alpha value is -4.77. The number of hydrogen-bond donors (Lipinski definition) is 4. The van der Waals surface area contributed by atoms with Gasteiger partial charge in [0.1, 0.15) is 11.7 Å².